The number of nitrogens with one attached hydrogen (secondary N) is 1. The van der Waals surface area contributed by atoms with Gasteiger partial charge in [0.2, 0.25) is 0 Å². The molecule has 112 valence electrons. The van der Waals surface area contributed by atoms with Crippen LogP contribution in [-0.2, 0) is 19.4 Å². The van der Waals surface area contributed by atoms with E-state index in [-0.39, 0.29) is 0 Å². The smallest absolute Gasteiger partial charge is 0.115 e. The van der Waals surface area contributed by atoms with Crippen LogP contribution in [0.15, 0.2) is 48.5 Å². The van der Waals surface area contributed by atoms with Gasteiger partial charge in [0.25, 0.3) is 0 Å². The summed E-state index contributed by atoms with van der Waals surface area (Å²) in [4.78, 5) is 0. The zero-order valence-corrected chi connectivity index (χ0v) is 13.0. The van der Waals surface area contributed by atoms with Crippen molar-refractivity contribution in [1.82, 2.24) is 5.32 Å². The predicted octanol–water partition coefficient (Wildman–Crippen LogP) is 3.92. The number of phenolic OH excluding ortho intramolecular Hbond substituents is 1. The highest BCUT2D eigenvalue weighted by atomic mass is 16.3. The molecule has 0 heterocycles. The van der Waals surface area contributed by atoms with E-state index >= 15 is 0 Å². The fraction of sp³-hybridized carbons (Fsp3) is 0.368. The third kappa shape index (κ3) is 5.60. The standard InChI is InChI=1S/C19H25NO/c1-15(2)13-17-3-5-18(6-4-17)14-20-12-11-16-7-9-19(21)10-8-16/h3-10,15,20-21H,11-14H2,1-2H3. The van der Waals surface area contributed by atoms with Gasteiger partial charge in [0, 0.05) is 6.54 Å². The summed E-state index contributed by atoms with van der Waals surface area (Å²) in [6, 6.07) is 16.3. The molecule has 2 aromatic rings. The summed E-state index contributed by atoms with van der Waals surface area (Å²) in [5, 5.41) is 12.7. The molecule has 0 atom stereocenters. The molecule has 0 radical (unpaired) electrons. The number of benzene rings is 2. The first-order valence-corrected chi connectivity index (χ1v) is 7.70. The van der Waals surface area contributed by atoms with Crippen LogP contribution in [0.3, 0.4) is 0 Å². The molecule has 0 amide bonds. The van der Waals surface area contributed by atoms with Crippen molar-refractivity contribution < 1.29 is 5.11 Å². The number of rotatable bonds is 7. The van der Waals surface area contributed by atoms with Crippen LogP contribution in [0.4, 0.5) is 0 Å². The van der Waals surface area contributed by atoms with Crippen molar-refractivity contribution in [3.63, 3.8) is 0 Å². The maximum atomic E-state index is 9.24. The van der Waals surface area contributed by atoms with Crippen molar-refractivity contribution in [3.05, 3.63) is 65.2 Å². The summed E-state index contributed by atoms with van der Waals surface area (Å²) in [5.41, 5.74) is 3.98. The van der Waals surface area contributed by atoms with Crippen LogP contribution < -0.4 is 5.32 Å². The Kier molecular flexibility index (Phi) is 5.82. The highest BCUT2D eigenvalue weighted by molar-refractivity contribution is 5.26. The van der Waals surface area contributed by atoms with Gasteiger partial charge in [-0.1, -0.05) is 50.2 Å². The van der Waals surface area contributed by atoms with Gasteiger partial charge in [-0.25, -0.2) is 0 Å². The molecule has 0 spiro atoms. The molecule has 2 heteroatoms. The Bertz CT molecular complexity index is 528. The Balaban J connectivity index is 1.72. The van der Waals surface area contributed by atoms with Crippen molar-refractivity contribution >= 4 is 0 Å². The molecule has 2 nitrogen and oxygen atoms in total. The van der Waals surface area contributed by atoms with Gasteiger partial charge >= 0.3 is 0 Å². The Morgan fingerprint density at radius 3 is 2.05 bits per heavy atom. The predicted molar refractivity (Wildman–Crippen MR) is 88.5 cm³/mol. The Morgan fingerprint density at radius 2 is 1.43 bits per heavy atom. The van der Waals surface area contributed by atoms with Gasteiger partial charge < -0.3 is 10.4 Å². The normalized spacial score (nSPS) is 11.0. The number of aromatic hydroxyl groups is 1. The van der Waals surface area contributed by atoms with Gasteiger partial charge in [-0.15, -0.1) is 0 Å². The Labute approximate surface area is 127 Å². The van der Waals surface area contributed by atoms with Gasteiger partial charge in [0.15, 0.2) is 0 Å². The molecule has 2 aromatic carbocycles. The second kappa shape index (κ2) is 7.84. The minimum absolute atomic E-state index is 0.327. The van der Waals surface area contributed by atoms with Crippen LogP contribution in [0.2, 0.25) is 0 Å². The van der Waals surface area contributed by atoms with Crippen molar-refractivity contribution in [2.45, 2.75) is 33.2 Å². The van der Waals surface area contributed by atoms with Crippen molar-refractivity contribution in [3.8, 4) is 5.75 Å². The van der Waals surface area contributed by atoms with E-state index in [0.717, 1.165) is 25.9 Å². The lowest BCUT2D eigenvalue weighted by molar-refractivity contribution is 0.475. The van der Waals surface area contributed by atoms with Gasteiger partial charge in [-0.3, -0.25) is 0 Å². The fourth-order valence-electron chi connectivity index (χ4n) is 2.39. The van der Waals surface area contributed by atoms with Crippen LogP contribution in [0.25, 0.3) is 0 Å². The van der Waals surface area contributed by atoms with E-state index in [9.17, 15) is 5.11 Å². The summed E-state index contributed by atoms with van der Waals surface area (Å²) < 4.78 is 0. The molecule has 0 aromatic heterocycles. The first kappa shape index (κ1) is 15.6. The first-order valence-electron chi connectivity index (χ1n) is 7.70. The summed E-state index contributed by atoms with van der Waals surface area (Å²) >= 11 is 0. The highest BCUT2D eigenvalue weighted by Gasteiger charge is 1.99. The topological polar surface area (TPSA) is 32.3 Å². The van der Waals surface area contributed by atoms with Crippen LogP contribution in [0.5, 0.6) is 5.75 Å². The summed E-state index contributed by atoms with van der Waals surface area (Å²) in [5.74, 6) is 1.03. The van der Waals surface area contributed by atoms with Gasteiger partial charge in [0.05, 0.1) is 0 Å². The molecular weight excluding hydrogens is 258 g/mol. The van der Waals surface area contributed by atoms with Crippen LogP contribution in [0, 0.1) is 5.92 Å². The fourth-order valence-corrected chi connectivity index (χ4v) is 2.39. The Hall–Kier alpha value is -1.80. The summed E-state index contributed by atoms with van der Waals surface area (Å²) in [7, 11) is 0. The van der Waals surface area contributed by atoms with Crippen LogP contribution >= 0.6 is 0 Å². The van der Waals surface area contributed by atoms with E-state index < -0.39 is 0 Å². The summed E-state index contributed by atoms with van der Waals surface area (Å²) in [6.45, 7) is 6.34. The maximum Gasteiger partial charge on any atom is 0.115 e. The van der Waals surface area contributed by atoms with Crippen molar-refractivity contribution in [1.29, 1.82) is 0 Å². The van der Waals surface area contributed by atoms with E-state index in [1.165, 1.54) is 16.7 Å². The number of hydrogen-bond acceptors (Lipinski definition) is 2. The molecule has 0 saturated carbocycles. The van der Waals surface area contributed by atoms with Crippen molar-refractivity contribution in [2.75, 3.05) is 6.54 Å². The monoisotopic (exact) mass is 283 g/mol. The average Bonchev–Trinajstić information content (AvgIpc) is 2.46. The first-order chi connectivity index (χ1) is 10.1. The van der Waals surface area contributed by atoms with Crippen LogP contribution in [0.1, 0.15) is 30.5 Å². The average molecular weight is 283 g/mol. The minimum Gasteiger partial charge on any atom is -0.508 e. The van der Waals surface area contributed by atoms with Gasteiger partial charge in [0.1, 0.15) is 5.75 Å². The summed E-state index contributed by atoms with van der Waals surface area (Å²) in [6.07, 6.45) is 2.13. The molecule has 0 aliphatic carbocycles. The zero-order valence-electron chi connectivity index (χ0n) is 13.0. The molecule has 0 aliphatic rings. The van der Waals surface area contributed by atoms with Gasteiger partial charge in [-0.05, 0) is 54.1 Å². The minimum atomic E-state index is 0.327. The molecule has 21 heavy (non-hydrogen) atoms. The van der Waals surface area contributed by atoms with Crippen molar-refractivity contribution in [2.24, 2.45) is 5.92 Å². The number of phenols is 1. The lowest BCUT2D eigenvalue weighted by atomic mass is 10.0. The van der Waals surface area contributed by atoms with E-state index in [1.807, 2.05) is 12.1 Å². The van der Waals surface area contributed by atoms with E-state index in [0.29, 0.717) is 11.7 Å². The molecule has 2 rings (SSSR count). The van der Waals surface area contributed by atoms with E-state index in [1.54, 1.807) is 12.1 Å². The second-order valence-corrected chi connectivity index (χ2v) is 6.01. The van der Waals surface area contributed by atoms with E-state index in [2.05, 4.69) is 43.4 Å². The highest BCUT2D eigenvalue weighted by Crippen LogP contribution is 2.11. The SMILES string of the molecule is CC(C)Cc1ccc(CNCCc2ccc(O)cc2)cc1. The number of hydrogen-bond donors (Lipinski definition) is 2. The lowest BCUT2D eigenvalue weighted by Crippen LogP contribution is -2.16. The lowest BCUT2D eigenvalue weighted by Gasteiger charge is -2.08. The quantitative estimate of drug-likeness (QED) is 0.755. The van der Waals surface area contributed by atoms with Gasteiger partial charge in [-0.2, -0.15) is 0 Å². The third-order valence-corrected chi connectivity index (χ3v) is 3.52. The molecule has 0 aliphatic heterocycles. The molecular formula is C19H25NO. The molecule has 0 saturated heterocycles. The third-order valence-electron chi connectivity index (χ3n) is 3.52. The van der Waals surface area contributed by atoms with Crippen LogP contribution in [-0.4, -0.2) is 11.7 Å². The van der Waals surface area contributed by atoms with E-state index in [4.69, 9.17) is 0 Å². The Morgan fingerprint density at radius 1 is 0.857 bits per heavy atom. The second-order valence-electron chi connectivity index (χ2n) is 6.01. The molecule has 0 fully saturated rings. The molecule has 0 bridgehead atoms. The zero-order chi connectivity index (χ0) is 15.1. The molecule has 0 unspecified atom stereocenters. The largest absolute Gasteiger partial charge is 0.508 e. The molecule has 2 N–H and O–H groups in total. The maximum absolute atomic E-state index is 9.24.